The van der Waals surface area contributed by atoms with Gasteiger partial charge in [-0.3, -0.25) is 0 Å². The van der Waals surface area contributed by atoms with Crippen molar-refractivity contribution < 1.29 is 4.74 Å². The standard InChI is InChI=1S/C15H22N2O/c1-4-14(5-2)17(3)10-11-18-15-8-6-13(12-16)7-9-15/h6-9,14H,4-5,10-11H2,1-3H3. The van der Waals surface area contributed by atoms with Gasteiger partial charge in [-0.2, -0.15) is 5.26 Å². The maximum Gasteiger partial charge on any atom is 0.119 e. The summed E-state index contributed by atoms with van der Waals surface area (Å²) >= 11 is 0. The molecule has 1 aromatic rings. The van der Waals surface area contributed by atoms with Gasteiger partial charge in [-0.25, -0.2) is 0 Å². The zero-order chi connectivity index (χ0) is 13.4. The second kappa shape index (κ2) is 7.73. The fraction of sp³-hybridized carbons (Fsp3) is 0.533. The molecule has 0 amide bonds. The summed E-state index contributed by atoms with van der Waals surface area (Å²) < 4.78 is 5.66. The minimum atomic E-state index is 0.634. The molecule has 0 aromatic heterocycles. The van der Waals surface area contributed by atoms with Crippen molar-refractivity contribution in [2.75, 3.05) is 20.2 Å². The average Bonchev–Trinajstić information content (AvgIpc) is 2.41. The quantitative estimate of drug-likeness (QED) is 0.742. The number of benzene rings is 1. The highest BCUT2D eigenvalue weighted by Crippen LogP contribution is 2.12. The lowest BCUT2D eigenvalue weighted by atomic mass is 10.1. The first-order chi connectivity index (χ1) is 8.71. The van der Waals surface area contributed by atoms with Gasteiger partial charge in [0.1, 0.15) is 12.4 Å². The Balaban J connectivity index is 2.35. The van der Waals surface area contributed by atoms with Crippen molar-refractivity contribution in [3.05, 3.63) is 29.8 Å². The van der Waals surface area contributed by atoms with Gasteiger partial charge < -0.3 is 9.64 Å². The average molecular weight is 246 g/mol. The van der Waals surface area contributed by atoms with Crippen molar-refractivity contribution in [2.45, 2.75) is 32.7 Å². The molecule has 0 spiro atoms. The summed E-state index contributed by atoms with van der Waals surface area (Å²) in [6.07, 6.45) is 2.34. The van der Waals surface area contributed by atoms with Crippen molar-refractivity contribution >= 4 is 0 Å². The lowest BCUT2D eigenvalue weighted by molar-refractivity contribution is 0.183. The van der Waals surface area contributed by atoms with Crippen LogP contribution in [-0.2, 0) is 0 Å². The van der Waals surface area contributed by atoms with Crippen molar-refractivity contribution in [1.82, 2.24) is 4.90 Å². The molecule has 1 rings (SSSR count). The van der Waals surface area contributed by atoms with E-state index in [1.165, 1.54) is 12.8 Å². The highest BCUT2D eigenvalue weighted by Gasteiger charge is 2.09. The maximum absolute atomic E-state index is 8.70. The highest BCUT2D eigenvalue weighted by molar-refractivity contribution is 5.34. The number of rotatable bonds is 7. The van der Waals surface area contributed by atoms with Gasteiger partial charge in [0.15, 0.2) is 0 Å². The van der Waals surface area contributed by atoms with Crippen molar-refractivity contribution in [3.8, 4) is 11.8 Å². The van der Waals surface area contributed by atoms with Crippen LogP contribution in [0.5, 0.6) is 5.75 Å². The van der Waals surface area contributed by atoms with Crippen LogP contribution in [0.15, 0.2) is 24.3 Å². The highest BCUT2D eigenvalue weighted by atomic mass is 16.5. The molecule has 0 aliphatic heterocycles. The molecule has 0 aliphatic carbocycles. The predicted molar refractivity (Wildman–Crippen MR) is 73.7 cm³/mol. The third kappa shape index (κ3) is 4.38. The monoisotopic (exact) mass is 246 g/mol. The van der Waals surface area contributed by atoms with Crippen LogP contribution in [0.2, 0.25) is 0 Å². The molecule has 3 heteroatoms. The molecule has 98 valence electrons. The van der Waals surface area contributed by atoms with E-state index in [1.807, 2.05) is 12.1 Å². The number of ether oxygens (including phenoxy) is 1. The maximum atomic E-state index is 8.70. The molecule has 1 aromatic carbocycles. The zero-order valence-corrected chi connectivity index (χ0v) is 11.5. The smallest absolute Gasteiger partial charge is 0.119 e. The van der Waals surface area contributed by atoms with E-state index in [-0.39, 0.29) is 0 Å². The second-order valence-corrected chi connectivity index (χ2v) is 4.44. The Morgan fingerprint density at radius 1 is 1.22 bits per heavy atom. The molecule has 0 N–H and O–H groups in total. The summed E-state index contributed by atoms with van der Waals surface area (Å²) in [5.41, 5.74) is 0.663. The minimum Gasteiger partial charge on any atom is -0.492 e. The molecule has 0 atom stereocenters. The van der Waals surface area contributed by atoms with Gasteiger partial charge in [0.2, 0.25) is 0 Å². The summed E-state index contributed by atoms with van der Waals surface area (Å²) in [5, 5.41) is 8.70. The van der Waals surface area contributed by atoms with Crippen LogP contribution in [0.1, 0.15) is 32.3 Å². The van der Waals surface area contributed by atoms with E-state index < -0.39 is 0 Å². The van der Waals surface area contributed by atoms with Crippen LogP contribution >= 0.6 is 0 Å². The third-order valence-electron chi connectivity index (χ3n) is 3.26. The SMILES string of the molecule is CCC(CC)N(C)CCOc1ccc(C#N)cc1. The first kappa shape index (κ1) is 14.5. The molecule has 0 aliphatic rings. The Labute approximate surface area is 110 Å². The Morgan fingerprint density at radius 2 is 1.83 bits per heavy atom. The van der Waals surface area contributed by atoms with E-state index in [0.29, 0.717) is 18.2 Å². The summed E-state index contributed by atoms with van der Waals surface area (Å²) in [6.45, 7) is 6.03. The molecule has 0 radical (unpaired) electrons. The number of nitriles is 1. The largest absolute Gasteiger partial charge is 0.492 e. The second-order valence-electron chi connectivity index (χ2n) is 4.44. The van der Waals surface area contributed by atoms with E-state index in [0.717, 1.165) is 12.3 Å². The van der Waals surface area contributed by atoms with Crippen molar-refractivity contribution in [3.63, 3.8) is 0 Å². The number of hydrogen-bond donors (Lipinski definition) is 0. The van der Waals surface area contributed by atoms with Gasteiger partial charge in [-0.15, -0.1) is 0 Å². The molecule has 0 unspecified atom stereocenters. The molecule has 18 heavy (non-hydrogen) atoms. The van der Waals surface area contributed by atoms with Crippen LogP contribution in [-0.4, -0.2) is 31.1 Å². The molecular weight excluding hydrogens is 224 g/mol. The van der Waals surface area contributed by atoms with Gasteiger partial charge >= 0.3 is 0 Å². The molecule has 0 bridgehead atoms. The Morgan fingerprint density at radius 3 is 2.33 bits per heavy atom. The van der Waals surface area contributed by atoms with Crippen LogP contribution in [0.25, 0.3) is 0 Å². The Bertz CT molecular complexity index is 376. The summed E-state index contributed by atoms with van der Waals surface area (Å²) in [4.78, 5) is 2.34. The summed E-state index contributed by atoms with van der Waals surface area (Å²) in [6, 6.07) is 9.97. The van der Waals surface area contributed by atoms with Crippen LogP contribution in [0.4, 0.5) is 0 Å². The van der Waals surface area contributed by atoms with Gasteiger partial charge in [0, 0.05) is 12.6 Å². The molecular formula is C15H22N2O. The van der Waals surface area contributed by atoms with Gasteiger partial charge in [0.05, 0.1) is 11.6 Å². The molecule has 0 fully saturated rings. The molecule has 0 saturated heterocycles. The fourth-order valence-corrected chi connectivity index (χ4v) is 2.03. The lowest BCUT2D eigenvalue weighted by Crippen LogP contribution is -2.33. The minimum absolute atomic E-state index is 0.634. The molecule has 0 saturated carbocycles. The summed E-state index contributed by atoms with van der Waals surface area (Å²) in [5.74, 6) is 0.826. The van der Waals surface area contributed by atoms with Crippen LogP contribution in [0, 0.1) is 11.3 Å². The van der Waals surface area contributed by atoms with E-state index in [1.54, 1.807) is 12.1 Å². The van der Waals surface area contributed by atoms with E-state index in [2.05, 4.69) is 31.9 Å². The number of hydrogen-bond acceptors (Lipinski definition) is 3. The van der Waals surface area contributed by atoms with Crippen molar-refractivity contribution in [1.29, 1.82) is 5.26 Å². The Kier molecular flexibility index (Phi) is 6.24. The fourth-order valence-electron chi connectivity index (χ4n) is 2.03. The van der Waals surface area contributed by atoms with Gasteiger partial charge in [-0.1, -0.05) is 13.8 Å². The normalized spacial score (nSPS) is 10.7. The number of likely N-dealkylation sites (N-methyl/N-ethyl adjacent to an activating group) is 1. The van der Waals surface area contributed by atoms with E-state index in [9.17, 15) is 0 Å². The first-order valence-electron chi connectivity index (χ1n) is 6.54. The van der Waals surface area contributed by atoms with Gasteiger partial charge in [0.25, 0.3) is 0 Å². The van der Waals surface area contributed by atoms with E-state index >= 15 is 0 Å². The van der Waals surface area contributed by atoms with Gasteiger partial charge in [-0.05, 0) is 44.2 Å². The zero-order valence-electron chi connectivity index (χ0n) is 11.5. The van der Waals surface area contributed by atoms with E-state index in [4.69, 9.17) is 10.00 Å². The van der Waals surface area contributed by atoms with Crippen LogP contribution < -0.4 is 4.74 Å². The first-order valence-corrected chi connectivity index (χ1v) is 6.54. The Hall–Kier alpha value is -1.53. The molecule has 0 heterocycles. The third-order valence-corrected chi connectivity index (χ3v) is 3.26. The molecule has 3 nitrogen and oxygen atoms in total. The lowest BCUT2D eigenvalue weighted by Gasteiger charge is -2.25. The predicted octanol–water partition coefficient (Wildman–Crippen LogP) is 3.06. The summed E-state index contributed by atoms with van der Waals surface area (Å²) in [7, 11) is 2.14. The van der Waals surface area contributed by atoms with Crippen molar-refractivity contribution in [2.24, 2.45) is 0 Å². The number of nitrogens with zero attached hydrogens (tertiary/aromatic N) is 2. The van der Waals surface area contributed by atoms with Crippen LogP contribution in [0.3, 0.4) is 0 Å². The topological polar surface area (TPSA) is 36.3 Å².